The van der Waals surface area contributed by atoms with Crippen molar-refractivity contribution in [2.24, 2.45) is 0 Å². The molecule has 12 nitrogen and oxygen atoms in total. The molecule has 3 amide bonds. The number of hydrogen-bond acceptors (Lipinski definition) is 11. The van der Waals surface area contributed by atoms with E-state index in [1.165, 1.54) is 28.0 Å². The van der Waals surface area contributed by atoms with Gasteiger partial charge < -0.3 is 20.1 Å². The molecule has 14 heteroatoms. The molecule has 342 valence electrons. The van der Waals surface area contributed by atoms with Gasteiger partial charge in [-0.15, -0.1) is 22.0 Å². The summed E-state index contributed by atoms with van der Waals surface area (Å²) in [6.07, 6.45) is -1.32. The van der Waals surface area contributed by atoms with Crippen LogP contribution in [0.15, 0.2) is 151 Å². The number of β-lactam (4-membered cyclic amide) rings is 1. The molecule has 0 bridgehead atoms. The molecule has 0 spiro atoms. The Bertz CT molecular complexity index is 2680. The van der Waals surface area contributed by atoms with Gasteiger partial charge in [0.2, 0.25) is 5.91 Å². The van der Waals surface area contributed by atoms with E-state index in [0.717, 1.165) is 27.8 Å². The lowest BCUT2D eigenvalue weighted by molar-refractivity contribution is -0.154. The molecule has 0 saturated carbocycles. The van der Waals surface area contributed by atoms with Gasteiger partial charge in [-0.05, 0) is 65.1 Å². The van der Waals surface area contributed by atoms with Crippen molar-refractivity contribution < 1.29 is 33.4 Å². The summed E-state index contributed by atoms with van der Waals surface area (Å²) in [7, 11) is 0. The summed E-state index contributed by atoms with van der Waals surface area (Å²) in [5.74, 6) is -2.38. The van der Waals surface area contributed by atoms with E-state index in [9.17, 15) is 24.0 Å². The topological polar surface area (TPSA) is 157 Å². The number of rotatable bonds is 16. The fourth-order valence-corrected chi connectivity index (χ4v) is 10.2. The molecule has 1 aromatic heterocycles. The average molecular weight is 934 g/mol. The van der Waals surface area contributed by atoms with Crippen LogP contribution in [0.4, 0.5) is 0 Å². The molecule has 1 saturated heterocycles. The Balaban J connectivity index is 0.977. The van der Waals surface area contributed by atoms with Gasteiger partial charge >= 0.3 is 11.9 Å². The third kappa shape index (κ3) is 10.9. The van der Waals surface area contributed by atoms with E-state index < -0.39 is 59.3 Å². The van der Waals surface area contributed by atoms with Crippen molar-refractivity contribution in [1.82, 2.24) is 25.7 Å². The maximum absolute atomic E-state index is 14.4. The van der Waals surface area contributed by atoms with Crippen LogP contribution in [0.25, 0.3) is 5.57 Å². The fourth-order valence-electron chi connectivity index (χ4n) is 8.05. The van der Waals surface area contributed by atoms with Crippen LogP contribution in [-0.2, 0) is 34.1 Å². The summed E-state index contributed by atoms with van der Waals surface area (Å²) in [5.41, 5.74) is 4.76. The monoisotopic (exact) mass is 933 g/mol. The van der Waals surface area contributed by atoms with Crippen molar-refractivity contribution in [2.45, 2.75) is 82.0 Å². The van der Waals surface area contributed by atoms with Gasteiger partial charge in [0.1, 0.15) is 33.2 Å². The van der Waals surface area contributed by atoms with Crippen LogP contribution in [0, 0.1) is 6.92 Å². The Morgan fingerprint density at radius 2 is 1.30 bits per heavy atom. The molecule has 3 atom stereocenters. The number of nitrogens with one attached hydrogen (secondary N) is 2. The van der Waals surface area contributed by atoms with Crippen LogP contribution in [-0.4, -0.2) is 68.0 Å². The highest BCUT2D eigenvalue weighted by atomic mass is 32.2. The quantitative estimate of drug-likeness (QED) is 0.0710. The minimum absolute atomic E-state index is 0.0585. The molecule has 0 aliphatic carbocycles. The Kier molecular flexibility index (Phi) is 14.4. The zero-order valence-corrected chi connectivity index (χ0v) is 39.2. The molecule has 5 aromatic carbocycles. The maximum Gasteiger partial charge on any atom is 0.356 e. The van der Waals surface area contributed by atoms with Gasteiger partial charge in [-0.3, -0.25) is 19.3 Å². The van der Waals surface area contributed by atoms with Gasteiger partial charge in [-0.25, -0.2) is 9.59 Å². The molecule has 2 aliphatic heterocycles. The van der Waals surface area contributed by atoms with Crippen LogP contribution < -0.4 is 10.6 Å². The Morgan fingerprint density at radius 1 is 0.746 bits per heavy atom. The van der Waals surface area contributed by atoms with Gasteiger partial charge in [0.15, 0.2) is 12.2 Å². The lowest BCUT2D eigenvalue weighted by Gasteiger charge is -2.49. The molecule has 2 aliphatic rings. The largest absolute Gasteiger partial charge is 0.451 e. The number of nitrogens with zero attached hydrogens (tertiary/aromatic N) is 3. The first-order valence-corrected chi connectivity index (χ1v) is 24.0. The van der Waals surface area contributed by atoms with E-state index in [4.69, 9.17) is 9.47 Å². The molecule has 6 aromatic rings. The van der Waals surface area contributed by atoms with Crippen molar-refractivity contribution in [2.75, 3.05) is 5.75 Å². The van der Waals surface area contributed by atoms with Crippen LogP contribution in [0.1, 0.15) is 100 Å². The van der Waals surface area contributed by atoms with E-state index in [-0.39, 0.29) is 30.4 Å². The number of aromatic nitrogens is 2. The summed E-state index contributed by atoms with van der Waals surface area (Å²) in [6.45, 7) is 7.98. The second-order valence-corrected chi connectivity index (χ2v) is 19.7. The van der Waals surface area contributed by atoms with E-state index >= 15 is 0 Å². The predicted molar refractivity (Wildman–Crippen MR) is 258 cm³/mol. The van der Waals surface area contributed by atoms with Crippen molar-refractivity contribution in [3.8, 4) is 0 Å². The first kappa shape index (κ1) is 46.6. The van der Waals surface area contributed by atoms with E-state index in [2.05, 4.69) is 41.6 Å². The van der Waals surface area contributed by atoms with Crippen LogP contribution in [0.5, 0.6) is 0 Å². The Morgan fingerprint density at radius 3 is 1.82 bits per heavy atom. The van der Waals surface area contributed by atoms with Gasteiger partial charge in [0, 0.05) is 23.3 Å². The SMILES string of the molecule is Cc1nnc(C2=C(C(=O)OC(c3ccccc3)c3ccccc3)N3C(=O)C(NC(=O)CCC[C@@H](NC(=O)c4cccc(C(C)(C)C)c4)C(=O)OC(c4ccccc4)c4ccccc4)[C@H]3SC2)s1. The van der Waals surface area contributed by atoms with E-state index in [1.54, 1.807) is 6.07 Å². The number of hydrogen-bond donors (Lipinski definition) is 2. The average Bonchev–Trinajstić information content (AvgIpc) is 3.79. The van der Waals surface area contributed by atoms with Gasteiger partial charge in [-0.1, -0.05) is 166 Å². The first-order chi connectivity index (χ1) is 32.4. The number of thioether (sulfide) groups is 1. The van der Waals surface area contributed by atoms with Gasteiger partial charge in [0.05, 0.1) is 0 Å². The summed E-state index contributed by atoms with van der Waals surface area (Å²) in [5, 5.41) is 14.9. The number of aryl methyl sites for hydroxylation is 1. The molecule has 1 unspecified atom stereocenters. The Labute approximate surface area is 398 Å². The smallest absolute Gasteiger partial charge is 0.356 e. The lowest BCUT2D eigenvalue weighted by atomic mass is 9.86. The second kappa shape index (κ2) is 20.7. The number of ether oxygens (including phenoxy) is 2. The van der Waals surface area contributed by atoms with E-state index in [1.807, 2.05) is 146 Å². The third-order valence-electron chi connectivity index (χ3n) is 11.6. The fraction of sp³-hybridized carbons (Fsp3) is 0.264. The molecule has 2 N–H and O–H groups in total. The standard InChI is InChI=1S/C53H51N5O7S2/c1-33-56-57-48(67-33)40-32-66-50-43(49(61)58(50)44(40)52(63)65-46(36-23-13-7-14-24-36)37-25-15-8-16-26-37)55-42(59)30-18-29-41(54-47(60)38-27-17-28-39(31-38)53(2,3)4)51(62)64-45(34-19-9-5-10-20-34)35-21-11-6-12-22-35/h5-17,19-28,31,41,43,45-46,50H,18,29-30,32H2,1-4H3,(H,54,60)(H,55,59)/t41-,43?,50-/m1/s1. The van der Waals surface area contributed by atoms with Crippen LogP contribution >= 0.6 is 23.1 Å². The molecule has 8 rings (SSSR count). The van der Waals surface area contributed by atoms with Gasteiger partial charge in [0.25, 0.3) is 11.8 Å². The zero-order valence-electron chi connectivity index (χ0n) is 37.6. The number of esters is 2. The number of benzene rings is 5. The number of fused-ring (bicyclic) bond motifs is 1. The molecular formula is C53H51N5O7S2. The highest BCUT2D eigenvalue weighted by molar-refractivity contribution is 8.00. The molecule has 1 fully saturated rings. The molecule has 0 radical (unpaired) electrons. The third-order valence-corrected chi connectivity index (χ3v) is 13.8. The maximum atomic E-state index is 14.4. The minimum Gasteiger partial charge on any atom is -0.451 e. The zero-order chi connectivity index (χ0) is 47.1. The minimum atomic E-state index is -1.11. The summed E-state index contributed by atoms with van der Waals surface area (Å²) in [4.78, 5) is 71.7. The second-order valence-electron chi connectivity index (χ2n) is 17.4. The van der Waals surface area contributed by atoms with Crippen molar-refractivity contribution in [1.29, 1.82) is 0 Å². The summed E-state index contributed by atoms with van der Waals surface area (Å²) in [6, 6.07) is 42.7. The van der Waals surface area contributed by atoms with Gasteiger partial charge in [-0.2, -0.15) is 0 Å². The first-order valence-electron chi connectivity index (χ1n) is 22.2. The molecular weight excluding hydrogens is 883 g/mol. The molecule has 3 heterocycles. The van der Waals surface area contributed by atoms with Crippen LogP contribution in [0.3, 0.4) is 0 Å². The van der Waals surface area contributed by atoms with Crippen molar-refractivity contribution >= 4 is 58.3 Å². The van der Waals surface area contributed by atoms with Crippen LogP contribution in [0.2, 0.25) is 0 Å². The number of carbonyl (C=O) groups is 5. The van der Waals surface area contributed by atoms with E-state index in [0.29, 0.717) is 26.9 Å². The number of amides is 3. The summed E-state index contributed by atoms with van der Waals surface area (Å²) >= 11 is 2.73. The normalized spacial score (nSPS) is 16.2. The van der Waals surface area contributed by atoms with Crippen molar-refractivity contribution in [3.05, 3.63) is 195 Å². The van der Waals surface area contributed by atoms with Crippen molar-refractivity contribution in [3.63, 3.8) is 0 Å². The number of carbonyl (C=O) groups excluding carboxylic acids is 5. The summed E-state index contributed by atoms with van der Waals surface area (Å²) < 4.78 is 12.5. The highest BCUT2D eigenvalue weighted by Crippen LogP contribution is 2.45. The Hall–Kier alpha value is -6.90. The predicted octanol–water partition coefficient (Wildman–Crippen LogP) is 8.89. The highest BCUT2D eigenvalue weighted by Gasteiger charge is 2.55. The lowest BCUT2D eigenvalue weighted by Crippen LogP contribution is -2.70. The molecule has 67 heavy (non-hydrogen) atoms.